The lowest BCUT2D eigenvalue weighted by molar-refractivity contribution is -0.123. The van der Waals surface area contributed by atoms with Crippen molar-refractivity contribution in [3.8, 4) is 0 Å². The molecule has 2 N–H and O–H groups in total. The number of para-hydroxylation sites is 1. The maximum absolute atomic E-state index is 13.6. The number of aromatic amines is 1. The number of H-pyrrole nitrogens is 1. The molecule has 3 aromatic rings. The van der Waals surface area contributed by atoms with Gasteiger partial charge in [0.2, 0.25) is 0 Å². The molecule has 1 spiro atoms. The molecule has 1 amide bonds. The van der Waals surface area contributed by atoms with Crippen molar-refractivity contribution < 1.29 is 4.79 Å². The average Bonchev–Trinajstić information content (AvgIpc) is 3.13. The fraction of sp³-hybridized carbons (Fsp3) is 0.227. The van der Waals surface area contributed by atoms with Gasteiger partial charge in [0, 0.05) is 29.6 Å². The highest BCUT2D eigenvalue weighted by Crippen LogP contribution is 2.47. The van der Waals surface area contributed by atoms with Crippen LogP contribution in [0.3, 0.4) is 0 Å². The Morgan fingerprint density at radius 2 is 2.12 bits per heavy atom. The molecule has 5 rings (SSSR count). The Bertz CT molecular complexity index is 1060. The number of carbonyl (C=O) groups is 1. The summed E-state index contributed by atoms with van der Waals surface area (Å²) in [5.41, 5.74) is 5.73. The summed E-state index contributed by atoms with van der Waals surface area (Å²) >= 11 is 0. The van der Waals surface area contributed by atoms with Crippen molar-refractivity contribution in [1.82, 2.24) is 10.3 Å². The molecule has 0 radical (unpaired) electrons. The van der Waals surface area contributed by atoms with Crippen molar-refractivity contribution >= 4 is 22.5 Å². The Hall–Kier alpha value is -2.85. The van der Waals surface area contributed by atoms with Gasteiger partial charge in [0.25, 0.3) is 5.91 Å². The minimum atomic E-state index is -0.833. The predicted octanol–water partition coefficient (Wildman–Crippen LogP) is 3.40. The number of nitrogens with one attached hydrogen (secondary N) is 2. The first-order valence-electron chi connectivity index (χ1n) is 9.06. The molecule has 2 aromatic carbocycles. The monoisotopic (exact) mass is 343 g/mol. The van der Waals surface area contributed by atoms with E-state index in [1.807, 2.05) is 23.1 Å². The highest BCUT2D eigenvalue weighted by atomic mass is 16.2. The van der Waals surface area contributed by atoms with Crippen LogP contribution in [0.15, 0.2) is 55.1 Å². The first-order chi connectivity index (χ1) is 12.7. The van der Waals surface area contributed by atoms with Gasteiger partial charge in [-0.25, -0.2) is 0 Å². The van der Waals surface area contributed by atoms with E-state index in [0.29, 0.717) is 6.54 Å². The van der Waals surface area contributed by atoms with Crippen LogP contribution in [0.2, 0.25) is 0 Å². The van der Waals surface area contributed by atoms with E-state index in [9.17, 15) is 4.79 Å². The summed E-state index contributed by atoms with van der Waals surface area (Å²) in [5.74, 6) is 0.0721. The highest BCUT2D eigenvalue weighted by molar-refractivity contribution is 6.11. The zero-order chi connectivity index (χ0) is 17.9. The maximum Gasteiger partial charge on any atom is 0.258 e. The van der Waals surface area contributed by atoms with Crippen LogP contribution in [-0.4, -0.2) is 24.0 Å². The van der Waals surface area contributed by atoms with Crippen LogP contribution in [0.5, 0.6) is 0 Å². The van der Waals surface area contributed by atoms with E-state index in [2.05, 4.69) is 48.1 Å². The standard InChI is InChI=1S/C22H21N3O/c1-3-12-25-19-7-5-4-6-17(19)22(21(25)26)20-15(10-11-23-22)16-13-14(2)8-9-18(16)24-20/h3-9,13,23-24H,1,10-12H2,2H3/t22-/m0/s1. The summed E-state index contributed by atoms with van der Waals surface area (Å²) in [5, 5.41) is 4.79. The molecule has 0 saturated heterocycles. The summed E-state index contributed by atoms with van der Waals surface area (Å²) in [4.78, 5) is 19.0. The zero-order valence-electron chi connectivity index (χ0n) is 14.8. The van der Waals surface area contributed by atoms with Crippen molar-refractivity contribution in [2.24, 2.45) is 0 Å². The lowest BCUT2D eigenvalue weighted by Gasteiger charge is -2.34. The Morgan fingerprint density at radius 1 is 1.27 bits per heavy atom. The number of fused-ring (bicyclic) bond motifs is 6. The summed E-state index contributed by atoms with van der Waals surface area (Å²) in [6.07, 6.45) is 2.70. The summed E-state index contributed by atoms with van der Waals surface area (Å²) in [7, 11) is 0. The molecule has 3 heterocycles. The number of carbonyl (C=O) groups excluding carboxylic acids is 1. The third-order valence-corrected chi connectivity index (χ3v) is 5.68. The van der Waals surface area contributed by atoms with Gasteiger partial charge in [-0.1, -0.05) is 35.9 Å². The second-order valence-corrected chi connectivity index (χ2v) is 7.18. The Balaban J connectivity index is 1.82. The van der Waals surface area contributed by atoms with Crippen LogP contribution in [0, 0.1) is 6.92 Å². The highest BCUT2D eigenvalue weighted by Gasteiger charge is 2.54. The van der Waals surface area contributed by atoms with Gasteiger partial charge in [-0.15, -0.1) is 6.58 Å². The number of rotatable bonds is 2. The molecule has 0 aliphatic carbocycles. The average molecular weight is 343 g/mol. The molecule has 0 saturated carbocycles. The second kappa shape index (κ2) is 5.32. The number of aromatic nitrogens is 1. The van der Waals surface area contributed by atoms with E-state index in [1.54, 1.807) is 6.08 Å². The van der Waals surface area contributed by atoms with Crippen LogP contribution in [-0.2, 0) is 16.8 Å². The largest absolute Gasteiger partial charge is 0.356 e. The quantitative estimate of drug-likeness (QED) is 0.701. The van der Waals surface area contributed by atoms with Gasteiger partial charge >= 0.3 is 0 Å². The molecule has 130 valence electrons. The van der Waals surface area contributed by atoms with Crippen LogP contribution in [0.1, 0.15) is 22.4 Å². The number of amides is 1. The van der Waals surface area contributed by atoms with E-state index in [4.69, 9.17) is 0 Å². The molecule has 0 fully saturated rings. The minimum Gasteiger partial charge on any atom is -0.356 e. The normalized spacial score (nSPS) is 21.3. The third kappa shape index (κ3) is 1.80. The lowest BCUT2D eigenvalue weighted by atomic mass is 9.82. The Morgan fingerprint density at radius 3 is 2.96 bits per heavy atom. The minimum absolute atomic E-state index is 0.0721. The van der Waals surface area contributed by atoms with Gasteiger partial charge in [0.1, 0.15) is 0 Å². The smallest absolute Gasteiger partial charge is 0.258 e. The van der Waals surface area contributed by atoms with Crippen molar-refractivity contribution in [2.45, 2.75) is 18.9 Å². The molecule has 0 bridgehead atoms. The molecule has 4 heteroatoms. The first-order valence-corrected chi connectivity index (χ1v) is 9.06. The van der Waals surface area contributed by atoms with E-state index >= 15 is 0 Å². The number of aryl methyl sites for hydroxylation is 1. The molecule has 0 unspecified atom stereocenters. The Kier molecular flexibility index (Phi) is 3.15. The van der Waals surface area contributed by atoms with Gasteiger partial charge in [0.05, 0.1) is 11.4 Å². The Labute approximate surface area is 152 Å². The van der Waals surface area contributed by atoms with Gasteiger partial charge in [0.15, 0.2) is 5.54 Å². The van der Waals surface area contributed by atoms with Crippen LogP contribution in [0.25, 0.3) is 10.9 Å². The van der Waals surface area contributed by atoms with Crippen LogP contribution < -0.4 is 10.2 Å². The number of benzene rings is 2. The summed E-state index contributed by atoms with van der Waals surface area (Å²) in [6.45, 7) is 7.22. The topological polar surface area (TPSA) is 48.1 Å². The molecule has 2 aliphatic rings. The summed E-state index contributed by atoms with van der Waals surface area (Å²) < 4.78 is 0. The fourth-order valence-corrected chi connectivity index (χ4v) is 4.58. The predicted molar refractivity (Wildman–Crippen MR) is 105 cm³/mol. The SMILES string of the molecule is C=CCN1C(=O)[C@]2(NCCc3c2[nH]c2ccc(C)cc32)c2ccccc21. The van der Waals surface area contributed by atoms with E-state index in [0.717, 1.165) is 35.4 Å². The van der Waals surface area contributed by atoms with Gasteiger partial charge in [-0.2, -0.15) is 0 Å². The van der Waals surface area contributed by atoms with Crippen molar-refractivity contribution in [2.75, 3.05) is 18.0 Å². The number of hydrogen-bond donors (Lipinski definition) is 2. The molecule has 1 atom stereocenters. The third-order valence-electron chi connectivity index (χ3n) is 5.68. The van der Waals surface area contributed by atoms with Gasteiger partial charge in [-0.05, 0) is 37.1 Å². The van der Waals surface area contributed by atoms with Crippen molar-refractivity contribution in [1.29, 1.82) is 0 Å². The number of hydrogen-bond acceptors (Lipinski definition) is 2. The fourth-order valence-electron chi connectivity index (χ4n) is 4.58. The van der Waals surface area contributed by atoms with Crippen molar-refractivity contribution in [3.05, 3.63) is 77.5 Å². The molecule has 26 heavy (non-hydrogen) atoms. The number of nitrogens with zero attached hydrogens (tertiary/aromatic N) is 1. The lowest BCUT2D eigenvalue weighted by Crippen LogP contribution is -2.55. The van der Waals surface area contributed by atoms with E-state index in [-0.39, 0.29) is 5.91 Å². The molecular weight excluding hydrogens is 322 g/mol. The zero-order valence-corrected chi connectivity index (χ0v) is 14.8. The second-order valence-electron chi connectivity index (χ2n) is 7.18. The molecule has 4 nitrogen and oxygen atoms in total. The van der Waals surface area contributed by atoms with Gasteiger partial charge < -0.3 is 9.88 Å². The number of anilines is 1. The summed E-state index contributed by atoms with van der Waals surface area (Å²) in [6, 6.07) is 14.5. The van der Waals surface area contributed by atoms with Crippen molar-refractivity contribution in [3.63, 3.8) is 0 Å². The molecular formula is C22H21N3O. The van der Waals surface area contributed by atoms with Crippen LogP contribution >= 0.6 is 0 Å². The maximum atomic E-state index is 13.6. The van der Waals surface area contributed by atoms with Crippen LogP contribution in [0.4, 0.5) is 5.69 Å². The molecule has 1 aromatic heterocycles. The van der Waals surface area contributed by atoms with E-state index in [1.165, 1.54) is 16.5 Å². The molecule has 2 aliphatic heterocycles. The van der Waals surface area contributed by atoms with Gasteiger partial charge in [-0.3, -0.25) is 10.1 Å². The first kappa shape index (κ1) is 15.4. The van der Waals surface area contributed by atoms with E-state index < -0.39 is 5.54 Å².